The van der Waals surface area contributed by atoms with E-state index in [1.165, 1.54) is 20.0 Å². The Balaban J connectivity index is 2.02. The number of carbonyl (C=O) groups excluding carboxylic acids is 2. The number of esters is 2. The number of hydrogen-bond acceptors (Lipinski definition) is 4. The first-order valence-corrected chi connectivity index (χ1v) is 8.79. The topological polar surface area (TPSA) is 52.6 Å². The van der Waals surface area contributed by atoms with Gasteiger partial charge in [-0.1, -0.05) is 39.0 Å². The molecule has 2 atom stereocenters. The fourth-order valence-corrected chi connectivity index (χ4v) is 3.29. The molecule has 0 saturated carbocycles. The normalized spacial score (nSPS) is 24.3. The molecule has 1 fully saturated rings. The molecule has 2 unspecified atom stereocenters. The van der Waals surface area contributed by atoms with Crippen LogP contribution in [0.1, 0.15) is 84.5 Å². The molecule has 0 N–H and O–H groups in total. The predicted molar refractivity (Wildman–Crippen MR) is 86.5 cm³/mol. The summed E-state index contributed by atoms with van der Waals surface area (Å²) in [4.78, 5) is 22.9. The number of unbranched alkanes of at least 4 members (excludes halogenated alkanes) is 5. The first kappa shape index (κ1) is 19.0. The minimum Gasteiger partial charge on any atom is -0.469 e. The molecule has 1 heterocycles. The molecule has 0 aliphatic carbocycles. The van der Waals surface area contributed by atoms with Gasteiger partial charge in [0.1, 0.15) is 6.10 Å². The molecule has 0 aromatic rings. The van der Waals surface area contributed by atoms with Crippen LogP contribution >= 0.6 is 0 Å². The maximum absolute atomic E-state index is 11.9. The first-order chi connectivity index (χ1) is 10.5. The van der Waals surface area contributed by atoms with Crippen LogP contribution in [-0.2, 0) is 19.1 Å². The molecule has 4 heteroatoms. The van der Waals surface area contributed by atoms with Gasteiger partial charge in [-0.15, -0.1) is 0 Å². The summed E-state index contributed by atoms with van der Waals surface area (Å²) in [6.07, 6.45) is 11.2. The van der Waals surface area contributed by atoms with Crippen LogP contribution in [0.2, 0.25) is 0 Å². The average Bonchev–Trinajstić information content (AvgIpc) is 2.76. The quantitative estimate of drug-likeness (QED) is 0.419. The third-order valence-electron chi connectivity index (χ3n) is 4.63. The molecule has 0 spiro atoms. The van der Waals surface area contributed by atoms with Gasteiger partial charge in [-0.05, 0) is 32.6 Å². The van der Waals surface area contributed by atoms with E-state index in [1.807, 2.05) is 6.92 Å². The molecule has 22 heavy (non-hydrogen) atoms. The summed E-state index contributed by atoms with van der Waals surface area (Å²) in [5, 5.41) is 0. The molecular weight excluding hydrogens is 280 g/mol. The molecule has 0 amide bonds. The van der Waals surface area contributed by atoms with Crippen molar-refractivity contribution in [3.05, 3.63) is 0 Å². The monoisotopic (exact) mass is 312 g/mol. The minimum absolute atomic E-state index is 0.00200. The Kier molecular flexibility index (Phi) is 8.51. The van der Waals surface area contributed by atoms with Crippen LogP contribution in [0.15, 0.2) is 0 Å². The molecular formula is C18H32O4. The van der Waals surface area contributed by atoms with Crippen molar-refractivity contribution in [3.8, 4) is 0 Å². The van der Waals surface area contributed by atoms with Gasteiger partial charge < -0.3 is 9.47 Å². The second-order valence-electron chi connectivity index (χ2n) is 6.78. The van der Waals surface area contributed by atoms with Crippen molar-refractivity contribution in [2.75, 3.05) is 7.11 Å². The number of ether oxygens (including phenoxy) is 2. The first-order valence-electron chi connectivity index (χ1n) is 8.79. The summed E-state index contributed by atoms with van der Waals surface area (Å²) in [5.41, 5.74) is -0.243. The van der Waals surface area contributed by atoms with Crippen LogP contribution in [0, 0.1) is 5.41 Å². The summed E-state index contributed by atoms with van der Waals surface area (Å²) >= 11 is 0. The Morgan fingerprint density at radius 2 is 1.86 bits per heavy atom. The second-order valence-corrected chi connectivity index (χ2v) is 6.78. The summed E-state index contributed by atoms with van der Waals surface area (Å²) in [7, 11) is 1.43. The van der Waals surface area contributed by atoms with Gasteiger partial charge in [-0.25, -0.2) is 0 Å². The molecule has 0 aromatic heterocycles. The molecule has 1 aliphatic heterocycles. The van der Waals surface area contributed by atoms with E-state index in [0.29, 0.717) is 6.42 Å². The largest absolute Gasteiger partial charge is 0.469 e. The van der Waals surface area contributed by atoms with Crippen LogP contribution < -0.4 is 0 Å². The van der Waals surface area contributed by atoms with Gasteiger partial charge in [0.15, 0.2) is 0 Å². The lowest BCUT2D eigenvalue weighted by Gasteiger charge is -2.17. The zero-order valence-electron chi connectivity index (χ0n) is 14.5. The zero-order chi connectivity index (χ0) is 16.4. The predicted octanol–water partition coefficient (Wildman–Crippen LogP) is 4.40. The number of hydrogen-bond donors (Lipinski definition) is 0. The number of cyclic esters (lactones) is 1. The fourth-order valence-electron chi connectivity index (χ4n) is 3.29. The lowest BCUT2D eigenvalue weighted by atomic mass is 9.82. The van der Waals surface area contributed by atoms with Gasteiger partial charge in [0.05, 0.1) is 12.5 Å². The third-order valence-corrected chi connectivity index (χ3v) is 4.63. The summed E-state index contributed by atoms with van der Waals surface area (Å²) < 4.78 is 10.1. The van der Waals surface area contributed by atoms with Gasteiger partial charge >= 0.3 is 11.9 Å². The van der Waals surface area contributed by atoms with Crippen LogP contribution in [0.3, 0.4) is 0 Å². The van der Waals surface area contributed by atoms with Gasteiger partial charge in [-0.2, -0.15) is 0 Å². The van der Waals surface area contributed by atoms with E-state index in [-0.39, 0.29) is 23.5 Å². The van der Waals surface area contributed by atoms with E-state index >= 15 is 0 Å². The fraction of sp³-hybridized carbons (Fsp3) is 0.889. The standard InChI is InChI=1S/C18H32O4/c1-4-13-18(2)14-15(22-17(18)20)11-9-7-5-6-8-10-12-16(19)21-3/h15H,4-14H2,1-3H3. The SMILES string of the molecule is CCCC1(C)CC(CCCCCCCCC(=O)OC)OC1=O. The van der Waals surface area contributed by atoms with Crippen LogP contribution in [0.5, 0.6) is 0 Å². The van der Waals surface area contributed by atoms with Crippen molar-refractivity contribution in [2.45, 2.75) is 90.6 Å². The van der Waals surface area contributed by atoms with Crippen molar-refractivity contribution >= 4 is 11.9 Å². The lowest BCUT2D eigenvalue weighted by Crippen LogP contribution is -2.21. The summed E-state index contributed by atoms with van der Waals surface area (Å²) in [6.45, 7) is 4.16. The Labute approximate surface area is 134 Å². The van der Waals surface area contributed by atoms with Crippen molar-refractivity contribution in [1.29, 1.82) is 0 Å². The minimum atomic E-state index is -0.243. The smallest absolute Gasteiger partial charge is 0.312 e. The van der Waals surface area contributed by atoms with E-state index < -0.39 is 0 Å². The van der Waals surface area contributed by atoms with Crippen molar-refractivity contribution in [1.82, 2.24) is 0 Å². The Bertz CT molecular complexity index is 353. The number of methoxy groups -OCH3 is 1. The van der Waals surface area contributed by atoms with Crippen LogP contribution in [0.25, 0.3) is 0 Å². The molecule has 0 radical (unpaired) electrons. The third kappa shape index (κ3) is 6.37. The molecule has 0 aromatic carbocycles. The number of rotatable bonds is 11. The molecule has 128 valence electrons. The Morgan fingerprint density at radius 3 is 2.50 bits per heavy atom. The number of carbonyl (C=O) groups is 2. The highest BCUT2D eigenvalue weighted by Crippen LogP contribution is 2.39. The maximum atomic E-state index is 11.9. The van der Waals surface area contributed by atoms with Gasteiger partial charge in [0.25, 0.3) is 0 Å². The Hall–Kier alpha value is -1.06. The zero-order valence-corrected chi connectivity index (χ0v) is 14.5. The van der Waals surface area contributed by atoms with E-state index in [2.05, 4.69) is 11.7 Å². The molecule has 1 saturated heterocycles. The van der Waals surface area contributed by atoms with Crippen molar-refractivity contribution in [2.24, 2.45) is 5.41 Å². The summed E-state index contributed by atoms with van der Waals surface area (Å²) in [6, 6.07) is 0. The molecule has 4 nitrogen and oxygen atoms in total. The van der Waals surface area contributed by atoms with Crippen molar-refractivity contribution < 1.29 is 19.1 Å². The van der Waals surface area contributed by atoms with Gasteiger partial charge in [-0.3, -0.25) is 9.59 Å². The maximum Gasteiger partial charge on any atom is 0.312 e. The average molecular weight is 312 g/mol. The van der Waals surface area contributed by atoms with E-state index in [0.717, 1.165) is 51.4 Å². The van der Waals surface area contributed by atoms with Crippen molar-refractivity contribution in [3.63, 3.8) is 0 Å². The van der Waals surface area contributed by atoms with Gasteiger partial charge in [0, 0.05) is 12.8 Å². The van der Waals surface area contributed by atoms with E-state index in [9.17, 15) is 9.59 Å². The second kappa shape index (κ2) is 9.86. The van der Waals surface area contributed by atoms with Crippen LogP contribution in [0.4, 0.5) is 0 Å². The molecule has 1 aliphatic rings. The molecule has 1 rings (SSSR count). The van der Waals surface area contributed by atoms with Gasteiger partial charge in [0.2, 0.25) is 0 Å². The highest BCUT2D eigenvalue weighted by molar-refractivity contribution is 5.78. The Morgan fingerprint density at radius 1 is 1.23 bits per heavy atom. The molecule has 0 bridgehead atoms. The lowest BCUT2D eigenvalue weighted by molar-refractivity contribution is -0.148. The highest BCUT2D eigenvalue weighted by atomic mass is 16.6. The van der Waals surface area contributed by atoms with E-state index in [4.69, 9.17) is 4.74 Å². The van der Waals surface area contributed by atoms with E-state index in [1.54, 1.807) is 0 Å². The highest BCUT2D eigenvalue weighted by Gasteiger charge is 2.43. The summed E-state index contributed by atoms with van der Waals surface area (Å²) in [5.74, 6) is -0.111. The van der Waals surface area contributed by atoms with Crippen LogP contribution in [-0.4, -0.2) is 25.2 Å².